The zero-order valence-corrected chi connectivity index (χ0v) is 13.0. The lowest BCUT2D eigenvalue weighted by molar-refractivity contribution is -0.148. The van der Waals surface area contributed by atoms with Gasteiger partial charge in [0.1, 0.15) is 5.54 Å². The molecule has 3 nitrogen and oxygen atoms in total. The van der Waals surface area contributed by atoms with Gasteiger partial charge in [-0.2, -0.15) is 0 Å². The van der Waals surface area contributed by atoms with E-state index in [0.717, 1.165) is 24.9 Å². The van der Waals surface area contributed by atoms with E-state index in [0.29, 0.717) is 16.9 Å². The molecule has 3 unspecified atom stereocenters. The van der Waals surface area contributed by atoms with E-state index in [1.165, 1.54) is 7.11 Å². The van der Waals surface area contributed by atoms with Crippen molar-refractivity contribution in [2.24, 2.45) is 11.8 Å². The normalized spacial score (nSPS) is 29.8. The summed E-state index contributed by atoms with van der Waals surface area (Å²) in [7, 11) is 1.45. The fourth-order valence-electron chi connectivity index (χ4n) is 2.98. The molecule has 1 aliphatic carbocycles. The summed E-state index contributed by atoms with van der Waals surface area (Å²) in [4.78, 5) is 12.3. The van der Waals surface area contributed by atoms with Gasteiger partial charge in [0.15, 0.2) is 0 Å². The van der Waals surface area contributed by atoms with Crippen LogP contribution in [-0.4, -0.2) is 18.6 Å². The average Bonchev–Trinajstić information content (AvgIpc) is 2.44. The predicted molar refractivity (Wildman–Crippen MR) is 82.0 cm³/mol. The molecule has 0 saturated heterocycles. The Balaban J connectivity index is 2.29. The van der Waals surface area contributed by atoms with Crippen LogP contribution < -0.4 is 5.32 Å². The molecule has 1 fully saturated rings. The van der Waals surface area contributed by atoms with Gasteiger partial charge >= 0.3 is 5.97 Å². The first-order valence-electron chi connectivity index (χ1n) is 7.09. The number of carbonyl (C=O) groups excluding carboxylic acids is 1. The van der Waals surface area contributed by atoms with Crippen LogP contribution in [0.5, 0.6) is 0 Å². The molecule has 0 aromatic heterocycles. The molecular weight excluding hydrogens is 274 g/mol. The first-order chi connectivity index (χ1) is 9.48. The Kier molecular flexibility index (Phi) is 4.59. The molecule has 4 heteroatoms. The van der Waals surface area contributed by atoms with Gasteiger partial charge in [0.2, 0.25) is 0 Å². The minimum Gasteiger partial charge on any atom is -0.467 e. The van der Waals surface area contributed by atoms with E-state index in [2.05, 4.69) is 19.2 Å². The van der Waals surface area contributed by atoms with Crippen molar-refractivity contribution in [1.29, 1.82) is 0 Å². The fourth-order valence-corrected chi connectivity index (χ4v) is 3.16. The summed E-state index contributed by atoms with van der Waals surface area (Å²) in [5.41, 5.74) is 0.132. The molecule has 0 radical (unpaired) electrons. The minimum absolute atomic E-state index is 0.198. The van der Waals surface area contributed by atoms with Crippen LogP contribution in [0.15, 0.2) is 24.3 Å². The van der Waals surface area contributed by atoms with Gasteiger partial charge in [-0.3, -0.25) is 0 Å². The summed E-state index contributed by atoms with van der Waals surface area (Å²) in [6.45, 7) is 4.43. The number of hydrogen-bond donors (Lipinski definition) is 1. The molecule has 1 aromatic rings. The quantitative estimate of drug-likeness (QED) is 0.853. The first-order valence-corrected chi connectivity index (χ1v) is 7.47. The van der Waals surface area contributed by atoms with Gasteiger partial charge in [-0.1, -0.05) is 37.6 Å². The molecule has 0 bridgehead atoms. The van der Waals surface area contributed by atoms with Crippen LogP contribution in [0.25, 0.3) is 0 Å². The van der Waals surface area contributed by atoms with Crippen molar-refractivity contribution in [2.75, 3.05) is 12.4 Å². The Labute approximate surface area is 125 Å². The summed E-state index contributed by atoms with van der Waals surface area (Å²) in [6.07, 6.45) is 2.55. The number of para-hydroxylation sites is 1. The highest BCUT2D eigenvalue weighted by molar-refractivity contribution is 6.33. The van der Waals surface area contributed by atoms with Gasteiger partial charge in [0, 0.05) is 0 Å². The molecule has 0 heterocycles. The Morgan fingerprint density at radius 3 is 2.65 bits per heavy atom. The second-order valence-corrected chi connectivity index (χ2v) is 6.28. The number of benzene rings is 1. The van der Waals surface area contributed by atoms with E-state index in [-0.39, 0.29) is 5.97 Å². The van der Waals surface area contributed by atoms with Crippen LogP contribution in [0.1, 0.15) is 33.1 Å². The number of methoxy groups -OCH3 is 1. The number of esters is 1. The number of anilines is 1. The van der Waals surface area contributed by atoms with Crippen molar-refractivity contribution in [2.45, 2.75) is 38.6 Å². The van der Waals surface area contributed by atoms with Crippen molar-refractivity contribution >= 4 is 23.3 Å². The Bertz CT molecular complexity index is 491. The second kappa shape index (κ2) is 6.04. The molecule has 2 rings (SSSR count). The highest BCUT2D eigenvalue weighted by atomic mass is 35.5. The van der Waals surface area contributed by atoms with E-state index in [1.807, 2.05) is 24.3 Å². The third-order valence-electron chi connectivity index (χ3n) is 4.49. The zero-order chi connectivity index (χ0) is 14.8. The SMILES string of the molecule is COC(=O)C1(Nc2ccccc2Cl)CCC(C)C(C)C1. The summed E-state index contributed by atoms with van der Waals surface area (Å²) in [5.74, 6) is 0.898. The van der Waals surface area contributed by atoms with E-state index in [9.17, 15) is 4.79 Å². The number of rotatable bonds is 3. The van der Waals surface area contributed by atoms with Gasteiger partial charge in [-0.25, -0.2) is 4.79 Å². The highest BCUT2D eigenvalue weighted by Gasteiger charge is 2.45. The number of halogens is 1. The average molecular weight is 296 g/mol. The van der Waals surface area contributed by atoms with Gasteiger partial charge in [0.05, 0.1) is 17.8 Å². The standard InChI is InChI=1S/C16H22ClNO2/c1-11-8-9-16(10-12(11)2,15(19)20-3)18-14-7-5-4-6-13(14)17/h4-7,11-12,18H,8-10H2,1-3H3. The lowest BCUT2D eigenvalue weighted by Crippen LogP contribution is -2.51. The van der Waals surface area contributed by atoms with Gasteiger partial charge < -0.3 is 10.1 Å². The molecule has 1 N–H and O–H groups in total. The summed E-state index contributed by atoms with van der Waals surface area (Å²) in [5, 5.41) is 3.98. The van der Waals surface area contributed by atoms with Gasteiger partial charge in [-0.15, -0.1) is 0 Å². The van der Waals surface area contributed by atoms with Crippen molar-refractivity contribution < 1.29 is 9.53 Å². The Hall–Kier alpha value is -1.22. The highest BCUT2D eigenvalue weighted by Crippen LogP contribution is 2.40. The van der Waals surface area contributed by atoms with Gasteiger partial charge in [0.25, 0.3) is 0 Å². The molecule has 3 atom stereocenters. The molecule has 0 aliphatic heterocycles. The van der Waals surface area contributed by atoms with Crippen molar-refractivity contribution in [3.8, 4) is 0 Å². The van der Waals surface area contributed by atoms with Gasteiger partial charge in [-0.05, 0) is 43.2 Å². The zero-order valence-electron chi connectivity index (χ0n) is 12.3. The van der Waals surface area contributed by atoms with Crippen LogP contribution in [0.4, 0.5) is 5.69 Å². The number of carbonyl (C=O) groups is 1. The Morgan fingerprint density at radius 1 is 1.35 bits per heavy atom. The minimum atomic E-state index is -0.661. The molecule has 1 aliphatic rings. The monoisotopic (exact) mass is 295 g/mol. The van der Waals surface area contributed by atoms with Crippen LogP contribution in [0.2, 0.25) is 5.02 Å². The summed E-state index contributed by atoms with van der Waals surface area (Å²) in [6, 6.07) is 7.51. The first kappa shape index (κ1) is 15.2. The Morgan fingerprint density at radius 2 is 2.05 bits per heavy atom. The summed E-state index contributed by atoms with van der Waals surface area (Å²) < 4.78 is 5.04. The second-order valence-electron chi connectivity index (χ2n) is 5.88. The third kappa shape index (κ3) is 2.93. The lowest BCUT2D eigenvalue weighted by Gasteiger charge is -2.41. The lowest BCUT2D eigenvalue weighted by atomic mass is 9.71. The van der Waals surface area contributed by atoms with E-state index < -0.39 is 5.54 Å². The molecule has 0 amide bonds. The van der Waals surface area contributed by atoms with Crippen LogP contribution in [0.3, 0.4) is 0 Å². The van der Waals surface area contributed by atoms with Crippen molar-refractivity contribution in [1.82, 2.24) is 0 Å². The molecule has 110 valence electrons. The van der Waals surface area contributed by atoms with E-state index in [4.69, 9.17) is 16.3 Å². The maximum Gasteiger partial charge on any atom is 0.331 e. The third-order valence-corrected chi connectivity index (χ3v) is 4.82. The summed E-state index contributed by atoms with van der Waals surface area (Å²) >= 11 is 6.20. The molecule has 1 aromatic carbocycles. The van der Waals surface area contributed by atoms with E-state index in [1.54, 1.807) is 0 Å². The fraction of sp³-hybridized carbons (Fsp3) is 0.562. The molecule has 1 saturated carbocycles. The number of ether oxygens (including phenoxy) is 1. The largest absolute Gasteiger partial charge is 0.467 e. The van der Waals surface area contributed by atoms with Crippen LogP contribution in [0, 0.1) is 11.8 Å². The number of nitrogens with one attached hydrogen (secondary N) is 1. The maximum absolute atomic E-state index is 12.3. The smallest absolute Gasteiger partial charge is 0.331 e. The van der Waals surface area contributed by atoms with Crippen LogP contribution >= 0.6 is 11.6 Å². The molecule has 0 spiro atoms. The topological polar surface area (TPSA) is 38.3 Å². The van der Waals surface area contributed by atoms with Crippen molar-refractivity contribution in [3.63, 3.8) is 0 Å². The molecular formula is C16H22ClNO2. The van der Waals surface area contributed by atoms with E-state index >= 15 is 0 Å². The molecule has 20 heavy (non-hydrogen) atoms. The maximum atomic E-state index is 12.3. The predicted octanol–water partition coefficient (Wildman–Crippen LogP) is 4.12. The van der Waals surface area contributed by atoms with Crippen molar-refractivity contribution in [3.05, 3.63) is 29.3 Å². The van der Waals surface area contributed by atoms with Crippen LogP contribution in [-0.2, 0) is 9.53 Å². The number of hydrogen-bond acceptors (Lipinski definition) is 3.